The van der Waals surface area contributed by atoms with Crippen molar-refractivity contribution in [2.75, 3.05) is 19.0 Å². The number of carbonyl (C=O) groups is 1. The molecule has 5 heteroatoms. The van der Waals surface area contributed by atoms with Crippen molar-refractivity contribution in [3.05, 3.63) is 59.1 Å². The van der Waals surface area contributed by atoms with Gasteiger partial charge in [-0.05, 0) is 62.2 Å². The molecule has 1 saturated heterocycles. The molecular weight excluding hydrogens is 336 g/mol. The number of benzene rings is 2. The van der Waals surface area contributed by atoms with Gasteiger partial charge in [0.1, 0.15) is 5.75 Å². The van der Waals surface area contributed by atoms with Crippen molar-refractivity contribution in [1.29, 1.82) is 0 Å². The number of ether oxygens (including phenoxy) is 1. The number of amides is 1. The highest BCUT2D eigenvalue weighted by Gasteiger charge is 2.33. The van der Waals surface area contributed by atoms with E-state index >= 15 is 0 Å². The summed E-state index contributed by atoms with van der Waals surface area (Å²) in [6.07, 6.45) is 2.15. The Labute approximate surface area is 153 Å². The smallest absolute Gasteiger partial charge is 0.241 e. The first kappa shape index (κ1) is 17.8. The Bertz CT molecular complexity index is 733. The summed E-state index contributed by atoms with van der Waals surface area (Å²) in [7, 11) is 1.67. The minimum atomic E-state index is -0.214. The zero-order valence-corrected chi connectivity index (χ0v) is 15.3. The minimum absolute atomic E-state index is 0.0114. The molecule has 1 N–H and O–H groups in total. The Morgan fingerprint density at radius 1 is 1.28 bits per heavy atom. The number of halogens is 1. The molecule has 4 nitrogen and oxygen atoms in total. The molecule has 0 radical (unpaired) electrons. The second-order valence-electron chi connectivity index (χ2n) is 6.34. The van der Waals surface area contributed by atoms with Gasteiger partial charge in [-0.3, -0.25) is 9.69 Å². The molecular formula is C20H23ClN2O2. The molecule has 3 rings (SSSR count). The minimum Gasteiger partial charge on any atom is -0.497 e. The summed E-state index contributed by atoms with van der Waals surface area (Å²) in [5.41, 5.74) is 1.95. The highest BCUT2D eigenvalue weighted by atomic mass is 35.5. The van der Waals surface area contributed by atoms with E-state index in [0.717, 1.165) is 30.8 Å². The van der Waals surface area contributed by atoms with E-state index in [1.807, 2.05) is 31.2 Å². The number of hydrogen-bond acceptors (Lipinski definition) is 3. The van der Waals surface area contributed by atoms with Crippen LogP contribution in [0.3, 0.4) is 0 Å². The first-order valence-electron chi connectivity index (χ1n) is 8.54. The Kier molecular flexibility index (Phi) is 5.61. The number of likely N-dealkylation sites (tertiary alicyclic amines) is 1. The van der Waals surface area contributed by atoms with Gasteiger partial charge in [-0.25, -0.2) is 0 Å². The summed E-state index contributed by atoms with van der Waals surface area (Å²) < 4.78 is 5.23. The van der Waals surface area contributed by atoms with Crippen LogP contribution in [-0.2, 0) is 4.79 Å². The molecule has 0 aliphatic carbocycles. The van der Waals surface area contributed by atoms with Crippen LogP contribution < -0.4 is 10.1 Å². The number of rotatable bonds is 5. The third kappa shape index (κ3) is 4.14. The fourth-order valence-electron chi connectivity index (χ4n) is 3.40. The molecule has 0 aromatic heterocycles. The van der Waals surface area contributed by atoms with Crippen molar-refractivity contribution in [1.82, 2.24) is 4.90 Å². The van der Waals surface area contributed by atoms with Crippen LogP contribution in [0.15, 0.2) is 48.5 Å². The van der Waals surface area contributed by atoms with E-state index in [4.69, 9.17) is 16.3 Å². The van der Waals surface area contributed by atoms with Gasteiger partial charge < -0.3 is 10.1 Å². The third-order valence-corrected chi connectivity index (χ3v) is 5.00. The highest BCUT2D eigenvalue weighted by Crippen LogP contribution is 2.34. The lowest BCUT2D eigenvalue weighted by atomic mass is 10.0. The predicted octanol–water partition coefficient (Wildman–Crippen LogP) is 4.51. The Morgan fingerprint density at radius 2 is 2.04 bits per heavy atom. The Balaban J connectivity index is 1.71. The van der Waals surface area contributed by atoms with Gasteiger partial charge in [0.25, 0.3) is 0 Å². The summed E-state index contributed by atoms with van der Waals surface area (Å²) in [6, 6.07) is 15.4. The fraction of sp³-hybridized carbons (Fsp3) is 0.350. The van der Waals surface area contributed by atoms with Crippen molar-refractivity contribution < 1.29 is 9.53 Å². The third-order valence-electron chi connectivity index (χ3n) is 4.76. The van der Waals surface area contributed by atoms with Gasteiger partial charge >= 0.3 is 0 Å². The molecule has 0 saturated carbocycles. The SMILES string of the molecule is COc1ccc(C2CCCN2C(C)C(=O)Nc2cccc(Cl)c2)cc1. The molecule has 1 fully saturated rings. The van der Waals surface area contributed by atoms with Crippen molar-refractivity contribution in [3.63, 3.8) is 0 Å². The highest BCUT2D eigenvalue weighted by molar-refractivity contribution is 6.30. The number of nitrogens with zero attached hydrogens (tertiary/aromatic N) is 1. The van der Waals surface area contributed by atoms with Crippen molar-refractivity contribution in [2.24, 2.45) is 0 Å². The van der Waals surface area contributed by atoms with E-state index in [-0.39, 0.29) is 18.0 Å². The first-order valence-corrected chi connectivity index (χ1v) is 8.92. The van der Waals surface area contributed by atoms with Crippen LogP contribution in [0, 0.1) is 0 Å². The molecule has 25 heavy (non-hydrogen) atoms. The molecule has 1 aliphatic heterocycles. The van der Waals surface area contributed by atoms with Gasteiger partial charge in [0.05, 0.1) is 13.2 Å². The molecule has 0 bridgehead atoms. The molecule has 0 spiro atoms. The normalized spacial score (nSPS) is 18.8. The zero-order valence-electron chi connectivity index (χ0n) is 14.5. The second-order valence-corrected chi connectivity index (χ2v) is 6.78. The van der Waals surface area contributed by atoms with Gasteiger partial charge in [0.2, 0.25) is 5.91 Å². The van der Waals surface area contributed by atoms with E-state index in [1.165, 1.54) is 5.56 Å². The predicted molar refractivity (Wildman–Crippen MR) is 101 cm³/mol. The van der Waals surface area contributed by atoms with Crippen molar-refractivity contribution in [3.8, 4) is 5.75 Å². The molecule has 1 aliphatic rings. The van der Waals surface area contributed by atoms with Crippen LogP contribution in [-0.4, -0.2) is 30.5 Å². The topological polar surface area (TPSA) is 41.6 Å². The van der Waals surface area contributed by atoms with Gasteiger partial charge in [0, 0.05) is 16.8 Å². The summed E-state index contributed by atoms with van der Waals surface area (Å²) >= 11 is 5.99. The monoisotopic (exact) mass is 358 g/mol. The van der Waals surface area contributed by atoms with Crippen LogP contribution in [0.2, 0.25) is 5.02 Å². The molecule has 2 atom stereocenters. The van der Waals surface area contributed by atoms with E-state index in [2.05, 4.69) is 22.3 Å². The van der Waals surface area contributed by atoms with Gasteiger partial charge in [-0.15, -0.1) is 0 Å². The summed E-state index contributed by atoms with van der Waals surface area (Å²) in [4.78, 5) is 14.9. The first-order chi connectivity index (χ1) is 12.1. The molecule has 2 unspecified atom stereocenters. The average molecular weight is 359 g/mol. The quantitative estimate of drug-likeness (QED) is 0.854. The lowest BCUT2D eigenvalue weighted by Crippen LogP contribution is -2.41. The molecule has 1 heterocycles. The molecule has 2 aromatic rings. The summed E-state index contributed by atoms with van der Waals surface area (Å²) in [6.45, 7) is 2.88. The van der Waals surface area contributed by atoms with E-state index in [9.17, 15) is 4.79 Å². The van der Waals surface area contributed by atoms with Gasteiger partial charge in [0.15, 0.2) is 0 Å². The Morgan fingerprint density at radius 3 is 2.72 bits per heavy atom. The maximum Gasteiger partial charge on any atom is 0.241 e. The van der Waals surface area contributed by atoms with Crippen LogP contribution in [0.4, 0.5) is 5.69 Å². The molecule has 1 amide bonds. The maximum absolute atomic E-state index is 12.7. The molecule has 2 aromatic carbocycles. The number of nitrogens with one attached hydrogen (secondary N) is 1. The van der Waals surface area contributed by atoms with E-state index in [1.54, 1.807) is 19.2 Å². The van der Waals surface area contributed by atoms with Gasteiger partial charge in [-0.2, -0.15) is 0 Å². The number of carbonyl (C=O) groups excluding carboxylic acids is 1. The zero-order chi connectivity index (χ0) is 17.8. The fourth-order valence-corrected chi connectivity index (χ4v) is 3.59. The van der Waals surface area contributed by atoms with Crippen molar-refractivity contribution >= 4 is 23.2 Å². The largest absolute Gasteiger partial charge is 0.497 e. The van der Waals surface area contributed by atoms with Crippen molar-refractivity contribution in [2.45, 2.75) is 31.8 Å². The van der Waals surface area contributed by atoms with E-state index < -0.39 is 0 Å². The van der Waals surface area contributed by atoms with Gasteiger partial charge in [-0.1, -0.05) is 29.8 Å². The average Bonchev–Trinajstić information content (AvgIpc) is 3.10. The maximum atomic E-state index is 12.7. The number of anilines is 1. The van der Waals surface area contributed by atoms with Crippen LogP contribution in [0.1, 0.15) is 31.4 Å². The lowest BCUT2D eigenvalue weighted by molar-refractivity contribution is -0.121. The number of hydrogen-bond donors (Lipinski definition) is 1. The van der Waals surface area contributed by atoms with Crippen LogP contribution in [0.25, 0.3) is 0 Å². The lowest BCUT2D eigenvalue weighted by Gasteiger charge is -2.30. The number of methoxy groups -OCH3 is 1. The summed E-state index contributed by atoms with van der Waals surface area (Å²) in [5, 5.41) is 3.58. The second kappa shape index (κ2) is 7.89. The standard InChI is InChI=1S/C20H23ClN2O2/c1-14(20(24)22-17-6-3-5-16(21)13-17)23-12-4-7-19(23)15-8-10-18(25-2)11-9-15/h3,5-6,8-11,13-14,19H,4,7,12H2,1-2H3,(H,22,24). The Hall–Kier alpha value is -2.04. The van der Waals surface area contributed by atoms with Crippen LogP contribution >= 0.6 is 11.6 Å². The molecule has 132 valence electrons. The van der Waals surface area contributed by atoms with E-state index in [0.29, 0.717) is 5.02 Å². The summed E-state index contributed by atoms with van der Waals surface area (Å²) in [5.74, 6) is 0.836. The van der Waals surface area contributed by atoms with Crippen LogP contribution in [0.5, 0.6) is 5.75 Å².